The van der Waals surface area contributed by atoms with Crippen molar-refractivity contribution in [1.82, 2.24) is 14.8 Å². The highest BCUT2D eigenvalue weighted by atomic mass is 35.5. The van der Waals surface area contributed by atoms with Crippen molar-refractivity contribution >= 4 is 63.2 Å². The van der Waals surface area contributed by atoms with Crippen LogP contribution in [-0.2, 0) is 35.5 Å². The van der Waals surface area contributed by atoms with Crippen molar-refractivity contribution in [2.45, 2.75) is 63.9 Å². The van der Waals surface area contributed by atoms with Crippen LogP contribution in [0.1, 0.15) is 53.3 Å². The van der Waals surface area contributed by atoms with Crippen LogP contribution < -0.4 is 10.1 Å². The third-order valence-corrected chi connectivity index (χ3v) is 8.38. The Morgan fingerprint density at radius 1 is 1.26 bits per heavy atom. The predicted octanol–water partition coefficient (Wildman–Crippen LogP) is 6.59. The van der Waals surface area contributed by atoms with Gasteiger partial charge in [0, 0.05) is 22.5 Å². The molecule has 2 heterocycles. The van der Waals surface area contributed by atoms with Crippen molar-refractivity contribution in [3.8, 4) is 5.75 Å². The number of allylic oxidation sites excluding steroid dienone is 1. The fraction of sp³-hybridized carbons (Fsp3) is 0.385. The Morgan fingerprint density at radius 2 is 2.05 bits per heavy atom. The van der Waals surface area contributed by atoms with Crippen molar-refractivity contribution in [3.63, 3.8) is 0 Å². The molecule has 38 heavy (non-hydrogen) atoms. The van der Waals surface area contributed by atoms with Gasteiger partial charge in [0.2, 0.25) is 5.91 Å². The van der Waals surface area contributed by atoms with Crippen molar-refractivity contribution in [1.29, 1.82) is 0 Å². The standard InChI is InChI=1S/C26H28Cl2N4O4S2/c1-4-11-32-21(13-35-19-12-16(27)9-10-18(19)28)30-31-26(32)37-14-22(33)29-24-23(25(34)36-15(2)3)17-7-5-6-8-20(17)38-24/h4,9-10,12,15H,1,5-8,11,13-14H2,2-3H3,(H,29,33). The molecule has 2 aromatic heterocycles. The molecule has 0 spiro atoms. The molecule has 8 nitrogen and oxygen atoms in total. The molecule has 1 aliphatic rings. The van der Waals surface area contributed by atoms with Gasteiger partial charge >= 0.3 is 5.97 Å². The molecule has 0 unspecified atom stereocenters. The number of rotatable bonds is 11. The summed E-state index contributed by atoms with van der Waals surface area (Å²) in [6, 6.07) is 4.97. The second kappa shape index (κ2) is 13.0. The number of esters is 1. The number of nitrogens with zero attached hydrogens (tertiary/aromatic N) is 3. The molecule has 1 N–H and O–H groups in total. The highest BCUT2D eigenvalue weighted by molar-refractivity contribution is 7.99. The maximum atomic E-state index is 12.9. The number of benzene rings is 1. The zero-order valence-corrected chi connectivity index (χ0v) is 24.2. The maximum absolute atomic E-state index is 12.9. The summed E-state index contributed by atoms with van der Waals surface area (Å²) in [5.74, 6) is 0.429. The third kappa shape index (κ3) is 6.91. The number of thioether (sulfide) groups is 1. The Bertz CT molecular complexity index is 1340. The summed E-state index contributed by atoms with van der Waals surface area (Å²) >= 11 is 14.9. The topological polar surface area (TPSA) is 95.3 Å². The van der Waals surface area contributed by atoms with E-state index >= 15 is 0 Å². The van der Waals surface area contributed by atoms with E-state index in [4.69, 9.17) is 32.7 Å². The van der Waals surface area contributed by atoms with E-state index in [-0.39, 0.29) is 24.4 Å². The molecule has 0 bridgehead atoms. The SMILES string of the molecule is C=CCn1c(COc2cc(Cl)ccc2Cl)nnc1SCC(=O)Nc1sc2c(c1C(=O)OC(C)C)CCCC2. The molecule has 4 rings (SSSR count). The van der Waals surface area contributed by atoms with Gasteiger partial charge in [-0.25, -0.2) is 4.79 Å². The van der Waals surface area contributed by atoms with Gasteiger partial charge in [0.15, 0.2) is 11.0 Å². The Balaban J connectivity index is 1.44. The molecule has 3 aromatic rings. The largest absolute Gasteiger partial charge is 0.484 e. The molecular formula is C26H28Cl2N4O4S2. The molecule has 0 saturated carbocycles. The number of ether oxygens (including phenoxy) is 2. The number of halogens is 2. The smallest absolute Gasteiger partial charge is 0.341 e. The minimum atomic E-state index is -0.391. The lowest BCUT2D eigenvalue weighted by Crippen LogP contribution is -2.19. The molecule has 0 atom stereocenters. The van der Waals surface area contributed by atoms with Gasteiger partial charge in [0.05, 0.1) is 22.4 Å². The van der Waals surface area contributed by atoms with Crippen LogP contribution in [0.2, 0.25) is 10.0 Å². The number of thiophene rings is 1. The fourth-order valence-corrected chi connectivity index (χ4v) is 6.41. The average Bonchev–Trinajstić information content (AvgIpc) is 3.43. The molecular weight excluding hydrogens is 567 g/mol. The van der Waals surface area contributed by atoms with Gasteiger partial charge < -0.3 is 14.8 Å². The van der Waals surface area contributed by atoms with Crippen molar-refractivity contribution in [3.05, 3.63) is 62.7 Å². The summed E-state index contributed by atoms with van der Waals surface area (Å²) in [6.07, 6.45) is 5.28. The van der Waals surface area contributed by atoms with Crippen LogP contribution in [0.5, 0.6) is 5.75 Å². The first-order chi connectivity index (χ1) is 18.3. The Labute approximate surface area is 239 Å². The lowest BCUT2D eigenvalue weighted by atomic mass is 9.95. The molecule has 0 fully saturated rings. The lowest BCUT2D eigenvalue weighted by molar-refractivity contribution is -0.113. The van der Waals surface area contributed by atoms with E-state index < -0.39 is 5.97 Å². The van der Waals surface area contributed by atoms with Crippen LogP contribution in [0, 0.1) is 0 Å². The van der Waals surface area contributed by atoms with E-state index in [9.17, 15) is 9.59 Å². The number of aryl methyl sites for hydroxylation is 1. The van der Waals surface area contributed by atoms with E-state index in [1.54, 1.807) is 24.3 Å². The predicted molar refractivity (Wildman–Crippen MR) is 152 cm³/mol. The van der Waals surface area contributed by atoms with Gasteiger partial charge in [-0.3, -0.25) is 9.36 Å². The summed E-state index contributed by atoms with van der Waals surface area (Å²) in [5.41, 5.74) is 1.50. The van der Waals surface area contributed by atoms with Crippen LogP contribution in [0.15, 0.2) is 36.0 Å². The van der Waals surface area contributed by atoms with Gasteiger partial charge in [-0.05, 0) is 57.2 Å². The fourth-order valence-electron chi connectivity index (χ4n) is 4.01. The number of carbonyl (C=O) groups excluding carboxylic acids is 2. The monoisotopic (exact) mass is 594 g/mol. The van der Waals surface area contributed by atoms with Crippen LogP contribution in [0.25, 0.3) is 0 Å². The summed E-state index contributed by atoms with van der Waals surface area (Å²) in [7, 11) is 0. The molecule has 1 aromatic carbocycles. The first kappa shape index (κ1) is 28.5. The van der Waals surface area contributed by atoms with E-state index in [1.807, 2.05) is 18.4 Å². The quantitative estimate of drug-likeness (QED) is 0.152. The Kier molecular flexibility index (Phi) is 9.75. The number of nitrogens with one attached hydrogen (secondary N) is 1. The number of carbonyl (C=O) groups is 2. The molecule has 1 amide bonds. The second-order valence-corrected chi connectivity index (χ2v) is 11.8. The van der Waals surface area contributed by atoms with Crippen LogP contribution in [-0.4, -0.2) is 38.5 Å². The van der Waals surface area contributed by atoms with Gasteiger partial charge in [-0.1, -0.05) is 41.0 Å². The minimum absolute atomic E-state index is 0.0808. The molecule has 1 aliphatic carbocycles. The molecule has 0 saturated heterocycles. The number of hydrogen-bond donors (Lipinski definition) is 1. The second-order valence-electron chi connectivity index (χ2n) is 8.87. The first-order valence-corrected chi connectivity index (χ1v) is 14.7. The van der Waals surface area contributed by atoms with Crippen molar-refractivity contribution < 1.29 is 19.1 Å². The van der Waals surface area contributed by atoms with E-state index in [0.29, 0.717) is 43.9 Å². The summed E-state index contributed by atoms with van der Waals surface area (Å²) in [6.45, 7) is 7.97. The van der Waals surface area contributed by atoms with Crippen LogP contribution in [0.3, 0.4) is 0 Å². The lowest BCUT2D eigenvalue weighted by Gasteiger charge is -2.14. The van der Waals surface area contributed by atoms with Gasteiger partial charge in [-0.2, -0.15) is 0 Å². The van der Waals surface area contributed by atoms with Gasteiger partial charge in [0.25, 0.3) is 0 Å². The Hall–Kier alpha value is -2.53. The number of fused-ring (bicyclic) bond motifs is 1. The number of aromatic nitrogens is 3. The summed E-state index contributed by atoms with van der Waals surface area (Å²) in [5, 5.41) is 13.4. The summed E-state index contributed by atoms with van der Waals surface area (Å²) in [4.78, 5) is 27.0. The summed E-state index contributed by atoms with van der Waals surface area (Å²) < 4.78 is 13.1. The zero-order chi connectivity index (χ0) is 27.2. The third-order valence-electron chi connectivity index (χ3n) is 5.66. The van der Waals surface area contributed by atoms with Crippen LogP contribution in [0.4, 0.5) is 5.00 Å². The first-order valence-electron chi connectivity index (χ1n) is 12.2. The molecule has 202 valence electrons. The van der Waals surface area contributed by atoms with E-state index in [2.05, 4.69) is 22.1 Å². The number of anilines is 1. The maximum Gasteiger partial charge on any atom is 0.341 e. The number of amides is 1. The normalized spacial score (nSPS) is 12.8. The van der Waals surface area contributed by atoms with Crippen molar-refractivity contribution in [2.24, 2.45) is 0 Å². The van der Waals surface area contributed by atoms with Crippen LogP contribution >= 0.6 is 46.3 Å². The average molecular weight is 596 g/mol. The molecule has 0 radical (unpaired) electrons. The van der Waals surface area contributed by atoms with E-state index in [1.165, 1.54) is 23.1 Å². The Morgan fingerprint density at radius 3 is 2.82 bits per heavy atom. The highest BCUT2D eigenvalue weighted by Crippen LogP contribution is 2.39. The minimum Gasteiger partial charge on any atom is -0.484 e. The molecule has 12 heteroatoms. The van der Waals surface area contributed by atoms with Gasteiger partial charge in [-0.15, -0.1) is 28.1 Å². The number of hydrogen-bond acceptors (Lipinski definition) is 8. The van der Waals surface area contributed by atoms with Crippen molar-refractivity contribution in [2.75, 3.05) is 11.1 Å². The highest BCUT2D eigenvalue weighted by Gasteiger charge is 2.28. The van der Waals surface area contributed by atoms with E-state index in [0.717, 1.165) is 36.1 Å². The zero-order valence-electron chi connectivity index (χ0n) is 21.1. The van der Waals surface area contributed by atoms with Gasteiger partial charge in [0.1, 0.15) is 17.4 Å². The molecule has 0 aliphatic heterocycles.